The van der Waals surface area contributed by atoms with Gasteiger partial charge in [0.2, 0.25) is 5.91 Å². The summed E-state index contributed by atoms with van der Waals surface area (Å²) in [7, 11) is 0. The Balaban J connectivity index is 1.82. The van der Waals surface area contributed by atoms with Crippen LogP contribution >= 0.6 is 0 Å². The summed E-state index contributed by atoms with van der Waals surface area (Å²) >= 11 is 0. The third-order valence-corrected chi connectivity index (χ3v) is 3.82. The van der Waals surface area contributed by atoms with Crippen LogP contribution in [0.5, 0.6) is 0 Å². The minimum Gasteiger partial charge on any atom is -0.389 e. The third-order valence-electron chi connectivity index (χ3n) is 3.82. The average molecular weight is 309 g/mol. The van der Waals surface area contributed by atoms with E-state index >= 15 is 0 Å². The van der Waals surface area contributed by atoms with Crippen LogP contribution in [0.4, 0.5) is 4.39 Å². The zero-order valence-electron chi connectivity index (χ0n) is 13.1. The molecule has 0 spiro atoms. The normalized spacial score (nSPS) is 17.3. The van der Waals surface area contributed by atoms with E-state index < -0.39 is 11.5 Å². The quantitative estimate of drug-likeness (QED) is 0.772. The maximum absolute atomic E-state index is 13.3. The molecule has 0 aromatic heterocycles. The Kier molecular flexibility index (Phi) is 5.53. The molecule has 2 rings (SSSR count). The van der Waals surface area contributed by atoms with Crippen molar-refractivity contribution in [2.24, 2.45) is 5.92 Å². The molecule has 1 atom stereocenters. The van der Waals surface area contributed by atoms with E-state index in [1.807, 2.05) is 13.8 Å². The van der Waals surface area contributed by atoms with Crippen LogP contribution < -0.4 is 5.32 Å². The topological polar surface area (TPSA) is 58.6 Å². The molecular weight excluding hydrogens is 285 g/mol. The van der Waals surface area contributed by atoms with Gasteiger partial charge in [0.15, 0.2) is 0 Å². The molecule has 1 unspecified atom stereocenters. The van der Waals surface area contributed by atoms with Crippen molar-refractivity contribution in [3.8, 4) is 0 Å². The van der Waals surface area contributed by atoms with Gasteiger partial charge in [0, 0.05) is 13.2 Å². The number of aliphatic hydroxyl groups excluding tert-OH is 1. The van der Waals surface area contributed by atoms with E-state index in [0.29, 0.717) is 30.9 Å². The van der Waals surface area contributed by atoms with E-state index in [9.17, 15) is 14.3 Å². The molecule has 0 radical (unpaired) electrons. The summed E-state index contributed by atoms with van der Waals surface area (Å²) in [5.41, 5.74) is 0.0798. The predicted molar refractivity (Wildman–Crippen MR) is 82.0 cm³/mol. The summed E-state index contributed by atoms with van der Waals surface area (Å²) in [6.45, 7) is 4.99. The maximum Gasteiger partial charge on any atom is 0.230 e. The number of halogens is 1. The van der Waals surface area contributed by atoms with Crippen molar-refractivity contribution < 1.29 is 19.0 Å². The lowest BCUT2D eigenvalue weighted by Crippen LogP contribution is -2.40. The minimum atomic E-state index is -0.731. The van der Waals surface area contributed by atoms with Gasteiger partial charge < -0.3 is 15.2 Å². The summed E-state index contributed by atoms with van der Waals surface area (Å²) in [6, 6.07) is 6.17. The zero-order valence-corrected chi connectivity index (χ0v) is 13.1. The molecule has 1 saturated carbocycles. The van der Waals surface area contributed by atoms with Crippen LogP contribution in [-0.2, 0) is 14.9 Å². The molecule has 1 aromatic carbocycles. The van der Waals surface area contributed by atoms with Gasteiger partial charge in [-0.2, -0.15) is 0 Å². The van der Waals surface area contributed by atoms with E-state index in [1.54, 1.807) is 12.1 Å². The maximum atomic E-state index is 13.3. The van der Waals surface area contributed by atoms with Gasteiger partial charge in [-0.1, -0.05) is 26.0 Å². The van der Waals surface area contributed by atoms with Crippen molar-refractivity contribution >= 4 is 5.91 Å². The van der Waals surface area contributed by atoms with Crippen LogP contribution in [0.1, 0.15) is 32.3 Å². The highest BCUT2D eigenvalue weighted by atomic mass is 19.1. The monoisotopic (exact) mass is 309 g/mol. The second-order valence-electron chi connectivity index (χ2n) is 6.39. The first-order valence-corrected chi connectivity index (χ1v) is 7.74. The van der Waals surface area contributed by atoms with E-state index in [0.717, 1.165) is 0 Å². The number of ether oxygens (including phenoxy) is 1. The smallest absolute Gasteiger partial charge is 0.230 e. The van der Waals surface area contributed by atoms with Crippen molar-refractivity contribution in [1.82, 2.24) is 5.32 Å². The number of carbonyl (C=O) groups excluding carboxylic acids is 1. The standard InChI is InChI=1S/C17H24FNO3/c1-12(2)10-22-11-15(20)9-19-16(21)17(6-7-17)13-4-3-5-14(18)8-13/h3-5,8,12,15,20H,6-7,9-11H2,1-2H3,(H,19,21). The Labute approximate surface area is 130 Å². The first-order valence-electron chi connectivity index (χ1n) is 7.74. The molecule has 1 amide bonds. The van der Waals surface area contributed by atoms with Crippen LogP contribution in [0.15, 0.2) is 24.3 Å². The first-order chi connectivity index (χ1) is 10.4. The van der Waals surface area contributed by atoms with Crippen molar-refractivity contribution in [2.75, 3.05) is 19.8 Å². The highest BCUT2D eigenvalue weighted by molar-refractivity contribution is 5.91. The van der Waals surface area contributed by atoms with Gasteiger partial charge in [-0.15, -0.1) is 0 Å². The Morgan fingerprint density at radius 1 is 1.41 bits per heavy atom. The number of aliphatic hydroxyl groups is 1. The van der Waals surface area contributed by atoms with Crippen LogP contribution in [0.3, 0.4) is 0 Å². The fourth-order valence-corrected chi connectivity index (χ4v) is 2.44. The molecule has 0 bridgehead atoms. The van der Waals surface area contributed by atoms with Crippen molar-refractivity contribution in [2.45, 2.75) is 38.2 Å². The molecule has 1 aliphatic rings. The highest BCUT2D eigenvalue weighted by Gasteiger charge is 2.51. The Bertz CT molecular complexity index is 514. The molecule has 2 N–H and O–H groups in total. The number of rotatable bonds is 8. The summed E-state index contributed by atoms with van der Waals surface area (Å²) in [6.07, 6.45) is 0.691. The molecular formula is C17H24FNO3. The summed E-state index contributed by atoms with van der Waals surface area (Å²) in [5.74, 6) is -0.0794. The lowest BCUT2D eigenvalue weighted by Gasteiger charge is -2.18. The molecule has 1 fully saturated rings. The van der Waals surface area contributed by atoms with Crippen LogP contribution in [0.25, 0.3) is 0 Å². The van der Waals surface area contributed by atoms with Crippen LogP contribution in [-0.4, -0.2) is 36.9 Å². The number of carbonyl (C=O) groups is 1. The number of amides is 1. The van der Waals surface area contributed by atoms with Gasteiger partial charge in [-0.05, 0) is 36.5 Å². The van der Waals surface area contributed by atoms with Crippen molar-refractivity contribution in [1.29, 1.82) is 0 Å². The molecule has 5 heteroatoms. The number of hydrogen-bond donors (Lipinski definition) is 2. The van der Waals surface area contributed by atoms with E-state index in [1.165, 1.54) is 12.1 Å². The second kappa shape index (κ2) is 7.20. The van der Waals surface area contributed by atoms with Crippen LogP contribution in [0.2, 0.25) is 0 Å². The van der Waals surface area contributed by atoms with Crippen molar-refractivity contribution in [3.63, 3.8) is 0 Å². The molecule has 0 heterocycles. The van der Waals surface area contributed by atoms with Gasteiger partial charge >= 0.3 is 0 Å². The van der Waals surface area contributed by atoms with Gasteiger partial charge in [0.25, 0.3) is 0 Å². The Morgan fingerprint density at radius 2 is 2.14 bits per heavy atom. The minimum absolute atomic E-state index is 0.147. The second-order valence-corrected chi connectivity index (χ2v) is 6.39. The fraction of sp³-hybridized carbons (Fsp3) is 0.588. The van der Waals surface area contributed by atoms with Gasteiger partial charge in [-0.25, -0.2) is 4.39 Å². The molecule has 122 valence electrons. The Hall–Kier alpha value is -1.46. The summed E-state index contributed by atoms with van der Waals surface area (Å²) in [5, 5.41) is 12.6. The van der Waals surface area contributed by atoms with E-state index in [4.69, 9.17) is 4.74 Å². The summed E-state index contributed by atoms with van der Waals surface area (Å²) in [4.78, 5) is 12.3. The molecule has 4 nitrogen and oxygen atoms in total. The van der Waals surface area contributed by atoms with Gasteiger partial charge in [0.1, 0.15) is 5.82 Å². The molecule has 0 aliphatic heterocycles. The average Bonchev–Trinajstić information content (AvgIpc) is 3.26. The number of nitrogens with one attached hydrogen (secondary N) is 1. The molecule has 0 saturated heterocycles. The summed E-state index contributed by atoms with van der Waals surface area (Å²) < 4.78 is 18.7. The molecule has 22 heavy (non-hydrogen) atoms. The Morgan fingerprint density at radius 3 is 2.73 bits per heavy atom. The van der Waals surface area contributed by atoms with Crippen molar-refractivity contribution in [3.05, 3.63) is 35.6 Å². The van der Waals surface area contributed by atoms with E-state index in [2.05, 4.69) is 5.32 Å². The lowest BCUT2D eigenvalue weighted by atomic mass is 9.95. The number of hydrogen-bond acceptors (Lipinski definition) is 3. The largest absolute Gasteiger partial charge is 0.389 e. The van der Waals surface area contributed by atoms with Gasteiger partial charge in [-0.3, -0.25) is 4.79 Å². The first kappa shape index (κ1) is 16.9. The predicted octanol–water partition coefficient (Wildman–Crippen LogP) is 2.01. The molecule has 1 aromatic rings. The highest BCUT2D eigenvalue weighted by Crippen LogP contribution is 2.48. The fourth-order valence-electron chi connectivity index (χ4n) is 2.44. The molecule has 1 aliphatic carbocycles. The number of benzene rings is 1. The SMILES string of the molecule is CC(C)COCC(O)CNC(=O)C1(c2cccc(F)c2)CC1. The van der Waals surface area contributed by atoms with E-state index in [-0.39, 0.29) is 24.9 Å². The lowest BCUT2D eigenvalue weighted by molar-refractivity contribution is -0.124. The van der Waals surface area contributed by atoms with Gasteiger partial charge in [0.05, 0.1) is 18.1 Å². The van der Waals surface area contributed by atoms with Crippen LogP contribution in [0, 0.1) is 11.7 Å². The zero-order chi connectivity index (χ0) is 16.2. The third kappa shape index (κ3) is 4.27.